The van der Waals surface area contributed by atoms with Crippen molar-refractivity contribution in [3.8, 4) is 0 Å². The number of nitrogens with zero attached hydrogens (tertiary/aromatic N) is 2. The molecule has 1 heterocycles. The predicted molar refractivity (Wildman–Crippen MR) is 81.1 cm³/mol. The Kier molecular flexibility index (Phi) is 20.2. The first-order chi connectivity index (χ1) is 9.42. The molecule has 117 valence electrons. The first kappa shape index (κ1) is 24.9. The number of nitro groups is 1. The van der Waals surface area contributed by atoms with Crippen molar-refractivity contribution in [1.29, 1.82) is 0 Å². The minimum Gasteiger partial charge on any atom is -0.397 e. The third-order valence-corrected chi connectivity index (χ3v) is 1.59. The van der Waals surface area contributed by atoms with Crippen LogP contribution in [0.4, 0.5) is 0 Å². The molecule has 1 rings (SSSR count). The van der Waals surface area contributed by atoms with Crippen molar-refractivity contribution in [3.63, 3.8) is 0 Å². The van der Waals surface area contributed by atoms with E-state index < -0.39 is 11.0 Å². The monoisotopic (exact) mass is 465 g/mol. The topological polar surface area (TPSA) is 96.5 Å². The standard InChI is InChI=1S/C9H10N2O3.C2H6B.C2H6O.W/c1-7(12)9-4-2-3-8(10-9)5-6-11(13)14;1-3-2;1-2-3;/h2-7,12H,1H3;1-2H3;3H,2H2,1H3;/b6-5-;;;. The van der Waals surface area contributed by atoms with Gasteiger partial charge in [-0.1, -0.05) is 19.7 Å². The van der Waals surface area contributed by atoms with E-state index in [1.54, 1.807) is 32.0 Å². The van der Waals surface area contributed by atoms with Gasteiger partial charge in [0.25, 0.3) is 0 Å². The van der Waals surface area contributed by atoms with Crippen molar-refractivity contribution in [2.75, 3.05) is 6.61 Å². The molecule has 2 N–H and O–H groups in total. The van der Waals surface area contributed by atoms with Crippen LogP contribution in [0, 0.1) is 10.1 Å². The van der Waals surface area contributed by atoms with Crippen molar-refractivity contribution in [2.45, 2.75) is 33.6 Å². The summed E-state index contributed by atoms with van der Waals surface area (Å²) < 4.78 is 0. The molecule has 0 aliphatic rings. The van der Waals surface area contributed by atoms with Gasteiger partial charge in [-0.2, -0.15) is 0 Å². The quantitative estimate of drug-likeness (QED) is 0.406. The molecule has 1 radical (unpaired) electrons. The van der Waals surface area contributed by atoms with Crippen LogP contribution in [0.1, 0.15) is 31.3 Å². The van der Waals surface area contributed by atoms with Crippen LogP contribution in [0.2, 0.25) is 13.6 Å². The Hall–Kier alpha value is -1.04. The molecule has 0 aliphatic carbocycles. The fourth-order valence-corrected chi connectivity index (χ4v) is 0.932. The minimum absolute atomic E-state index is 0. The summed E-state index contributed by atoms with van der Waals surface area (Å²) in [5.41, 5.74) is 0.954. The van der Waals surface area contributed by atoms with E-state index in [1.807, 2.05) is 20.9 Å². The molecule has 0 saturated heterocycles. The molecule has 0 spiro atoms. The summed E-state index contributed by atoms with van der Waals surface area (Å²) in [7, 11) is 2.00. The maximum Gasteiger partial charge on any atom is 0.236 e. The maximum absolute atomic E-state index is 10.0. The summed E-state index contributed by atoms with van der Waals surface area (Å²) in [5.74, 6) is 0. The van der Waals surface area contributed by atoms with E-state index in [9.17, 15) is 15.2 Å². The fraction of sp³-hybridized carbons (Fsp3) is 0.462. The van der Waals surface area contributed by atoms with Crippen molar-refractivity contribution >= 4 is 13.4 Å². The Morgan fingerprint density at radius 3 is 2.33 bits per heavy atom. The van der Waals surface area contributed by atoms with Gasteiger partial charge in [0.2, 0.25) is 6.20 Å². The molecule has 6 nitrogen and oxygen atoms in total. The van der Waals surface area contributed by atoms with Crippen LogP contribution in [0.15, 0.2) is 24.4 Å². The number of rotatable bonds is 3. The van der Waals surface area contributed by atoms with Gasteiger partial charge in [-0.05, 0) is 26.0 Å². The number of hydrogen-bond acceptors (Lipinski definition) is 5. The van der Waals surface area contributed by atoms with Gasteiger partial charge in [0.05, 0.1) is 22.4 Å². The van der Waals surface area contributed by atoms with Crippen LogP contribution in [0.25, 0.3) is 6.08 Å². The van der Waals surface area contributed by atoms with E-state index in [0.717, 1.165) is 6.20 Å². The largest absolute Gasteiger partial charge is 0.397 e. The zero-order valence-corrected chi connectivity index (χ0v) is 15.7. The van der Waals surface area contributed by atoms with E-state index in [2.05, 4.69) is 4.98 Å². The van der Waals surface area contributed by atoms with Crippen LogP contribution in [0.5, 0.6) is 0 Å². The van der Waals surface area contributed by atoms with Gasteiger partial charge < -0.3 is 10.2 Å². The second-order valence-corrected chi connectivity index (χ2v) is 3.66. The smallest absolute Gasteiger partial charge is 0.236 e. The Balaban J connectivity index is -0.000000400. The van der Waals surface area contributed by atoms with Crippen molar-refractivity contribution in [3.05, 3.63) is 45.9 Å². The normalized spacial score (nSPS) is 10.2. The molecular formula is C13H22BN2O4W. The fourth-order valence-electron chi connectivity index (χ4n) is 0.932. The van der Waals surface area contributed by atoms with Gasteiger partial charge in [-0.15, -0.1) is 0 Å². The molecule has 0 saturated carbocycles. The summed E-state index contributed by atoms with van der Waals surface area (Å²) in [4.78, 5) is 13.5. The zero-order valence-electron chi connectivity index (χ0n) is 12.8. The van der Waals surface area contributed by atoms with E-state index in [-0.39, 0.29) is 27.7 Å². The molecule has 0 amide bonds. The average molecular weight is 465 g/mol. The minimum atomic E-state index is -0.668. The van der Waals surface area contributed by atoms with Gasteiger partial charge in [0, 0.05) is 33.7 Å². The number of hydrogen-bond donors (Lipinski definition) is 2. The summed E-state index contributed by atoms with van der Waals surface area (Å²) in [6, 6.07) is 4.98. The second kappa shape index (κ2) is 17.0. The van der Waals surface area contributed by atoms with Crippen LogP contribution < -0.4 is 0 Å². The van der Waals surface area contributed by atoms with Gasteiger partial charge in [0.1, 0.15) is 7.28 Å². The summed E-state index contributed by atoms with van der Waals surface area (Å²) in [6.07, 6.45) is 1.43. The maximum atomic E-state index is 10.0. The second-order valence-electron chi connectivity index (χ2n) is 3.66. The van der Waals surface area contributed by atoms with E-state index in [4.69, 9.17) is 5.11 Å². The third kappa shape index (κ3) is 16.9. The molecule has 0 aliphatic heterocycles. The molecule has 21 heavy (non-hydrogen) atoms. The van der Waals surface area contributed by atoms with Crippen LogP contribution in [0.3, 0.4) is 0 Å². The van der Waals surface area contributed by atoms with Crippen LogP contribution in [-0.2, 0) is 21.1 Å². The Morgan fingerprint density at radius 2 is 1.95 bits per heavy atom. The zero-order chi connectivity index (χ0) is 16.0. The van der Waals surface area contributed by atoms with Crippen molar-refractivity contribution in [2.24, 2.45) is 0 Å². The van der Waals surface area contributed by atoms with Gasteiger partial charge in [0.15, 0.2) is 0 Å². The SMILES string of the molecule is CC(O)c1cccc(/C=C\[N+](=O)[O-])n1.CCO.C[B]C.[W]. The van der Waals surface area contributed by atoms with E-state index in [1.165, 1.54) is 6.08 Å². The molecule has 1 unspecified atom stereocenters. The third-order valence-electron chi connectivity index (χ3n) is 1.59. The summed E-state index contributed by atoms with van der Waals surface area (Å²) >= 11 is 0. The molecule has 0 fully saturated rings. The van der Waals surface area contributed by atoms with Crippen molar-refractivity contribution in [1.82, 2.24) is 4.98 Å². The first-order valence-electron chi connectivity index (χ1n) is 6.24. The first-order valence-corrected chi connectivity index (χ1v) is 6.24. The molecule has 0 aromatic carbocycles. The van der Waals surface area contributed by atoms with Crippen LogP contribution in [-0.4, -0.2) is 34.0 Å². The molecule has 1 aromatic rings. The number of aliphatic hydroxyl groups is 2. The Morgan fingerprint density at radius 1 is 1.48 bits per heavy atom. The number of pyridine rings is 1. The molecule has 0 bridgehead atoms. The van der Waals surface area contributed by atoms with Crippen LogP contribution >= 0.6 is 0 Å². The molecular weight excluding hydrogens is 443 g/mol. The predicted octanol–water partition coefficient (Wildman–Crippen LogP) is 2.17. The van der Waals surface area contributed by atoms with E-state index >= 15 is 0 Å². The number of aliphatic hydroxyl groups excluding tert-OH is 2. The number of aromatic nitrogens is 1. The molecule has 8 heteroatoms. The average Bonchev–Trinajstić information content (AvgIpc) is 2.38. The van der Waals surface area contributed by atoms with Crippen molar-refractivity contribution < 1.29 is 36.2 Å². The van der Waals surface area contributed by atoms with Gasteiger partial charge in [-0.3, -0.25) is 15.1 Å². The summed E-state index contributed by atoms with van der Waals surface area (Å²) in [5, 5.41) is 26.8. The Labute approximate surface area is 141 Å². The summed E-state index contributed by atoms with van der Waals surface area (Å²) in [6.45, 7) is 7.52. The van der Waals surface area contributed by atoms with E-state index in [0.29, 0.717) is 11.4 Å². The van der Waals surface area contributed by atoms with Gasteiger partial charge >= 0.3 is 0 Å². The Bertz CT molecular complexity index is 402. The van der Waals surface area contributed by atoms with Gasteiger partial charge in [-0.25, -0.2) is 0 Å². The molecule has 1 aromatic heterocycles. The molecule has 1 atom stereocenters.